The highest BCUT2D eigenvalue weighted by molar-refractivity contribution is 6.30. The van der Waals surface area contributed by atoms with Crippen LogP contribution in [-0.2, 0) is 6.54 Å². The Hall–Kier alpha value is -1.04. The van der Waals surface area contributed by atoms with Crippen molar-refractivity contribution in [1.29, 1.82) is 5.26 Å². The van der Waals surface area contributed by atoms with Crippen LogP contribution in [0, 0.1) is 11.3 Å². The molecule has 0 saturated heterocycles. The summed E-state index contributed by atoms with van der Waals surface area (Å²) >= 11 is 5.84. The molecular formula is C14H17ClN2. The zero-order valence-corrected chi connectivity index (χ0v) is 10.6. The van der Waals surface area contributed by atoms with Gasteiger partial charge in [-0.1, -0.05) is 43.0 Å². The number of halogens is 1. The van der Waals surface area contributed by atoms with Crippen LogP contribution in [0.1, 0.15) is 37.7 Å². The van der Waals surface area contributed by atoms with Crippen molar-refractivity contribution in [3.05, 3.63) is 34.9 Å². The molecule has 0 spiro atoms. The Kier molecular flexibility index (Phi) is 4.04. The van der Waals surface area contributed by atoms with Gasteiger partial charge in [0.1, 0.15) is 5.54 Å². The molecule has 1 fully saturated rings. The Bertz CT molecular complexity index is 399. The van der Waals surface area contributed by atoms with Crippen LogP contribution in [0.15, 0.2) is 24.3 Å². The minimum Gasteiger partial charge on any atom is -0.295 e. The van der Waals surface area contributed by atoms with Crippen molar-refractivity contribution in [1.82, 2.24) is 5.32 Å². The molecule has 0 amide bonds. The van der Waals surface area contributed by atoms with E-state index in [4.69, 9.17) is 11.6 Å². The first-order chi connectivity index (χ1) is 8.24. The quantitative estimate of drug-likeness (QED) is 0.886. The van der Waals surface area contributed by atoms with E-state index in [-0.39, 0.29) is 5.54 Å². The van der Waals surface area contributed by atoms with Gasteiger partial charge < -0.3 is 0 Å². The summed E-state index contributed by atoms with van der Waals surface area (Å²) in [7, 11) is 0. The Morgan fingerprint density at radius 1 is 1.18 bits per heavy atom. The maximum absolute atomic E-state index is 9.33. The molecule has 2 nitrogen and oxygen atoms in total. The lowest BCUT2D eigenvalue weighted by Crippen LogP contribution is -2.44. The number of nitrogens with zero attached hydrogens (tertiary/aromatic N) is 1. The predicted molar refractivity (Wildman–Crippen MR) is 69.7 cm³/mol. The summed E-state index contributed by atoms with van der Waals surface area (Å²) in [6, 6.07) is 10.2. The fraction of sp³-hybridized carbons (Fsp3) is 0.500. The van der Waals surface area contributed by atoms with Gasteiger partial charge in [-0.05, 0) is 30.5 Å². The molecule has 2 rings (SSSR count). The molecule has 90 valence electrons. The van der Waals surface area contributed by atoms with E-state index in [0.717, 1.165) is 37.3 Å². The van der Waals surface area contributed by atoms with Crippen LogP contribution in [0.4, 0.5) is 0 Å². The second-order valence-corrected chi connectivity index (χ2v) is 5.17. The van der Waals surface area contributed by atoms with Gasteiger partial charge in [0.25, 0.3) is 0 Å². The fourth-order valence-electron chi connectivity index (χ4n) is 2.36. The Labute approximate surface area is 108 Å². The van der Waals surface area contributed by atoms with Crippen LogP contribution in [0.25, 0.3) is 0 Å². The average Bonchev–Trinajstić information content (AvgIpc) is 2.39. The number of rotatable bonds is 3. The fourth-order valence-corrected chi connectivity index (χ4v) is 2.48. The van der Waals surface area contributed by atoms with E-state index >= 15 is 0 Å². The van der Waals surface area contributed by atoms with E-state index in [1.807, 2.05) is 24.3 Å². The molecule has 1 aromatic carbocycles. The minimum absolute atomic E-state index is 0.308. The van der Waals surface area contributed by atoms with Crippen molar-refractivity contribution in [3.8, 4) is 6.07 Å². The first-order valence-electron chi connectivity index (χ1n) is 6.15. The maximum atomic E-state index is 9.33. The van der Waals surface area contributed by atoms with Crippen molar-refractivity contribution >= 4 is 11.6 Å². The van der Waals surface area contributed by atoms with E-state index in [1.165, 1.54) is 12.0 Å². The number of nitrogens with one attached hydrogen (secondary N) is 1. The minimum atomic E-state index is -0.308. The van der Waals surface area contributed by atoms with Crippen molar-refractivity contribution in [3.63, 3.8) is 0 Å². The third-order valence-electron chi connectivity index (χ3n) is 3.47. The number of hydrogen-bond acceptors (Lipinski definition) is 2. The lowest BCUT2D eigenvalue weighted by atomic mass is 9.83. The maximum Gasteiger partial charge on any atom is 0.107 e. The summed E-state index contributed by atoms with van der Waals surface area (Å²) in [6.45, 7) is 0.741. The summed E-state index contributed by atoms with van der Waals surface area (Å²) in [5.74, 6) is 0. The van der Waals surface area contributed by atoms with Crippen LogP contribution >= 0.6 is 11.6 Å². The zero-order chi connectivity index (χ0) is 12.1. The molecule has 1 aromatic rings. The molecule has 17 heavy (non-hydrogen) atoms. The molecule has 3 heteroatoms. The summed E-state index contributed by atoms with van der Waals surface area (Å²) in [5.41, 5.74) is 0.868. The molecule has 1 N–H and O–H groups in total. The predicted octanol–water partition coefficient (Wildman–Crippen LogP) is 3.66. The summed E-state index contributed by atoms with van der Waals surface area (Å²) in [5, 5.41) is 13.5. The second kappa shape index (κ2) is 5.53. The van der Waals surface area contributed by atoms with E-state index in [9.17, 15) is 5.26 Å². The van der Waals surface area contributed by atoms with Crippen molar-refractivity contribution in [2.45, 2.75) is 44.2 Å². The van der Waals surface area contributed by atoms with Crippen molar-refractivity contribution in [2.75, 3.05) is 0 Å². The summed E-state index contributed by atoms with van der Waals surface area (Å²) < 4.78 is 0. The molecule has 0 aliphatic heterocycles. The van der Waals surface area contributed by atoms with Gasteiger partial charge >= 0.3 is 0 Å². The molecule has 0 atom stereocenters. The molecule has 0 aromatic heterocycles. The van der Waals surface area contributed by atoms with E-state index in [2.05, 4.69) is 11.4 Å². The Balaban J connectivity index is 1.96. The van der Waals surface area contributed by atoms with Gasteiger partial charge in [-0.2, -0.15) is 5.26 Å². The van der Waals surface area contributed by atoms with Gasteiger partial charge in [0.15, 0.2) is 0 Å². The van der Waals surface area contributed by atoms with Crippen LogP contribution in [0.2, 0.25) is 5.02 Å². The van der Waals surface area contributed by atoms with Crippen LogP contribution < -0.4 is 5.32 Å². The smallest absolute Gasteiger partial charge is 0.107 e. The highest BCUT2D eigenvalue weighted by Crippen LogP contribution is 2.27. The Morgan fingerprint density at radius 2 is 1.82 bits per heavy atom. The summed E-state index contributed by atoms with van der Waals surface area (Å²) in [6.07, 6.45) is 5.50. The second-order valence-electron chi connectivity index (χ2n) is 4.73. The van der Waals surface area contributed by atoms with Gasteiger partial charge in [0, 0.05) is 11.6 Å². The third kappa shape index (κ3) is 3.21. The molecule has 1 aliphatic carbocycles. The lowest BCUT2D eigenvalue weighted by molar-refractivity contribution is 0.296. The van der Waals surface area contributed by atoms with Crippen LogP contribution in [-0.4, -0.2) is 5.54 Å². The van der Waals surface area contributed by atoms with Gasteiger partial charge in [-0.3, -0.25) is 5.32 Å². The molecule has 1 aliphatic rings. The topological polar surface area (TPSA) is 35.8 Å². The first kappa shape index (κ1) is 12.4. The first-order valence-corrected chi connectivity index (χ1v) is 6.53. The average molecular weight is 249 g/mol. The lowest BCUT2D eigenvalue weighted by Gasteiger charge is -2.31. The highest BCUT2D eigenvalue weighted by atomic mass is 35.5. The van der Waals surface area contributed by atoms with Gasteiger partial charge in [0.05, 0.1) is 6.07 Å². The molecule has 1 saturated carbocycles. The highest BCUT2D eigenvalue weighted by Gasteiger charge is 2.31. The SMILES string of the molecule is N#CC1(NCc2ccc(Cl)cc2)CCCCC1. The van der Waals surface area contributed by atoms with Crippen molar-refractivity contribution in [2.24, 2.45) is 0 Å². The standard InChI is InChI=1S/C14H17ClN2/c15-13-6-4-12(5-7-13)10-17-14(11-16)8-2-1-3-9-14/h4-7,17H,1-3,8-10H2. The van der Waals surface area contributed by atoms with Gasteiger partial charge in [-0.25, -0.2) is 0 Å². The van der Waals surface area contributed by atoms with E-state index in [0.29, 0.717) is 0 Å². The molecule has 0 radical (unpaired) electrons. The van der Waals surface area contributed by atoms with E-state index in [1.54, 1.807) is 0 Å². The van der Waals surface area contributed by atoms with Crippen LogP contribution in [0.3, 0.4) is 0 Å². The molecule has 0 heterocycles. The van der Waals surface area contributed by atoms with Gasteiger partial charge in [-0.15, -0.1) is 0 Å². The zero-order valence-electron chi connectivity index (χ0n) is 9.88. The monoisotopic (exact) mass is 248 g/mol. The Morgan fingerprint density at radius 3 is 2.41 bits per heavy atom. The van der Waals surface area contributed by atoms with E-state index < -0.39 is 0 Å². The van der Waals surface area contributed by atoms with Crippen LogP contribution in [0.5, 0.6) is 0 Å². The largest absolute Gasteiger partial charge is 0.295 e. The summed E-state index contributed by atoms with van der Waals surface area (Å²) in [4.78, 5) is 0. The molecule has 0 bridgehead atoms. The number of hydrogen-bond donors (Lipinski definition) is 1. The van der Waals surface area contributed by atoms with Crippen molar-refractivity contribution < 1.29 is 0 Å². The van der Waals surface area contributed by atoms with Gasteiger partial charge in [0.2, 0.25) is 0 Å². The molecule has 0 unspecified atom stereocenters. The number of benzene rings is 1. The normalized spacial score (nSPS) is 18.6. The third-order valence-corrected chi connectivity index (χ3v) is 3.72. The molecular weight excluding hydrogens is 232 g/mol. The number of nitriles is 1.